The summed E-state index contributed by atoms with van der Waals surface area (Å²) in [5, 5.41) is 7.85. The quantitative estimate of drug-likeness (QED) is 0.882. The van der Waals surface area contributed by atoms with Crippen molar-refractivity contribution in [3.05, 3.63) is 53.7 Å². The normalized spacial score (nSPS) is 14.5. The molecular weight excluding hydrogens is 306 g/mol. The van der Waals surface area contributed by atoms with Gasteiger partial charge in [0.1, 0.15) is 0 Å². The van der Waals surface area contributed by atoms with Crippen molar-refractivity contribution in [1.82, 2.24) is 15.1 Å². The second kappa shape index (κ2) is 7.08. The van der Waals surface area contributed by atoms with Gasteiger partial charge in [0.25, 0.3) is 5.91 Å². The third kappa shape index (κ3) is 3.68. The van der Waals surface area contributed by atoms with Crippen molar-refractivity contribution in [3.8, 4) is 0 Å². The number of carbonyl (C=O) groups excluding carboxylic acids is 2. The lowest BCUT2D eigenvalue weighted by molar-refractivity contribution is -0.130. The molecule has 0 radical (unpaired) electrons. The zero-order valence-electron chi connectivity index (χ0n) is 13.3. The van der Waals surface area contributed by atoms with Crippen LogP contribution < -0.4 is 10.6 Å². The summed E-state index contributed by atoms with van der Waals surface area (Å²) in [6, 6.07) is 13.0. The van der Waals surface area contributed by atoms with Crippen LogP contribution in [0.3, 0.4) is 0 Å². The molecule has 0 atom stereocenters. The third-order valence-corrected chi connectivity index (χ3v) is 4.06. The first-order valence-electron chi connectivity index (χ1n) is 7.83. The molecule has 1 aliphatic rings. The standard InChI is InChI=1S/C17H19N5O2/c18-17(24)14-6-7-15(20-19-14)21-8-10-22(11-9-21)16(23)12-13-4-2-1-3-5-13/h1-7H,8-12H2,(H2,18,24). The smallest absolute Gasteiger partial charge is 0.269 e. The van der Waals surface area contributed by atoms with Crippen molar-refractivity contribution in [2.45, 2.75) is 6.42 Å². The average molecular weight is 325 g/mol. The second-order valence-electron chi connectivity index (χ2n) is 5.67. The predicted octanol–water partition coefficient (Wildman–Crippen LogP) is 0.467. The number of anilines is 1. The van der Waals surface area contributed by atoms with Crippen LogP contribution in [0.2, 0.25) is 0 Å². The molecule has 1 aromatic carbocycles. The summed E-state index contributed by atoms with van der Waals surface area (Å²) in [6.45, 7) is 2.66. The van der Waals surface area contributed by atoms with Crippen LogP contribution in [-0.2, 0) is 11.2 Å². The van der Waals surface area contributed by atoms with Crippen LogP contribution in [0.15, 0.2) is 42.5 Å². The molecular formula is C17H19N5O2. The van der Waals surface area contributed by atoms with Gasteiger partial charge in [-0.15, -0.1) is 10.2 Å². The fourth-order valence-corrected chi connectivity index (χ4v) is 2.69. The van der Waals surface area contributed by atoms with Crippen molar-refractivity contribution in [2.24, 2.45) is 5.73 Å². The number of rotatable bonds is 4. The predicted molar refractivity (Wildman–Crippen MR) is 89.5 cm³/mol. The van der Waals surface area contributed by atoms with Crippen LogP contribution in [0.1, 0.15) is 16.1 Å². The molecule has 1 fully saturated rings. The minimum Gasteiger partial charge on any atom is -0.364 e. The van der Waals surface area contributed by atoms with Gasteiger partial charge in [-0.3, -0.25) is 9.59 Å². The number of piperazine rings is 1. The monoisotopic (exact) mass is 325 g/mol. The lowest BCUT2D eigenvalue weighted by Crippen LogP contribution is -2.49. The Morgan fingerprint density at radius 2 is 1.67 bits per heavy atom. The van der Waals surface area contributed by atoms with Crippen LogP contribution in [0, 0.1) is 0 Å². The maximum atomic E-state index is 12.4. The first-order valence-corrected chi connectivity index (χ1v) is 7.83. The van der Waals surface area contributed by atoms with Gasteiger partial charge in [0, 0.05) is 26.2 Å². The van der Waals surface area contributed by atoms with Crippen LogP contribution in [-0.4, -0.2) is 53.1 Å². The Morgan fingerprint density at radius 1 is 0.958 bits per heavy atom. The molecule has 2 amide bonds. The number of aromatic nitrogens is 2. The van der Waals surface area contributed by atoms with Crippen LogP contribution >= 0.6 is 0 Å². The van der Waals surface area contributed by atoms with Crippen molar-refractivity contribution in [3.63, 3.8) is 0 Å². The molecule has 0 spiro atoms. The van der Waals surface area contributed by atoms with Crippen molar-refractivity contribution in [2.75, 3.05) is 31.1 Å². The minimum absolute atomic E-state index is 0.135. The summed E-state index contributed by atoms with van der Waals surface area (Å²) in [4.78, 5) is 27.3. The van der Waals surface area contributed by atoms with Gasteiger partial charge in [0.2, 0.25) is 5.91 Å². The van der Waals surface area contributed by atoms with E-state index in [9.17, 15) is 9.59 Å². The lowest BCUT2D eigenvalue weighted by Gasteiger charge is -2.35. The number of primary amides is 1. The van der Waals surface area contributed by atoms with E-state index >= 15 is 0 Å². The van der Waals surface area contributed by atoms with E-state index in [2.05, 4.69) is 10.2 Å². The second-order valence-corrected chi connectivity index (χ2v) is 5.67. The molecule has 0 aliphatic carbocycles. The molecule has 1 aromatic heterocycles. The highest BCUT2D eigenvalue weighted by atomic mass is 16.2. The first kappa shape index (κ1) is 15.9. The van der Waals surface area contributed by atoms with E-state index in [1.54, 1.807) is 12.1 Å². The van der Waals surface area contributed by atoms with Crippen molar-refractivity contribution >= 4 is 17.6 Å². The highest BCUT2D eigenvalue weighted by molar-refractivity contribution is 5.90. The van der Waals surface area contributed by atoms with Crippen molar-refractivity contribution < 1.29 is 9.59 Å². The summed E-state index contributed by atoms with van der Waals surface area (Å²) >= 11 is 0. The van der Waals surface area contributed by atoms with Crippen LogP contribution in [0.25, 0.3) is 0 Å². The largest absolute Gasteiger partial charge is 0.364 e. The Kier molecular flexibility index (Phi) is 4.69. The molecule has 2 heterocycles. The van der Waals surface area contributed by atoms with Gasteiger partial charge in [-0.2, -0.15) is 0 Å². The average Bonchev–Trinajstić information content (AvgIpc) is 2.63. The van der Waals surface area contributed by atoms with Gasteiger partial charge in [0.05, 0.1) is 6.42 Å². The Morgan fingerprint density at radius 3 is 2.25 bits per heavy atom. The van der Waals surface area contributed by atoms with Gasteiger partial charge in [-0.1, -0.05) is 30.3 Å². The maximum absolute atomic E-state index is 12.4. The maximum Gasteiger partial charge on any atom is 0.269 e. The van der Waals surface area contributed by atoms with E-state index in [4.69, 9.17) is 5.73 Å². The zero-order chi connectivity index (χ0) is 16.9. The summed E-state index contributed by atoms with van der Waals surface area (Å²) in [7, 11) is 0. The van der Waals surface area contributed by atoms with Crippen LogP contribution in [0.4, 0.5) is 5.82 Å². The van der Waals surface area contributed by atoms with E-state index in [0.717, 1.165) is 5.56 Å². The number of hydrogen-bond donors (Lipinski definition) is 1. The Labute approximate surface area is 140 Å². The number of hydrogen-bond acceptors (Lipinski definition) is 5. The number of carbonyl (C=O) groups is 2. The van der Waals surface area contributed by atoms with Gasteiger partial charge in [0.15, 0.2) is 11.5 Å². The van der Waals surface area contributed by atoms with Crippen LogP contribution in [0.5, 0.6) is 0 Å². The van der Waals surface area contributed by atoms with E-state index in [1.165, 1.54) is 0 Å². The van der Waals surface area contributed by atoms with Crippen molar-refractivity contribution in [1.29, 1.82) is 0 Å². The molecule has 0 bridgehead atoms. The number of nitrogens with zero attached hydrogens (tertiary/aromatic N) is 4. The van der Waals surface area contributed by atoms with E-state index in [1.807, 2.05) is 40.1 Å². The molecule has 1 saturated heterocycles. The molecule has 124 valence electrons. The number of nitrogens with two attached hydrogens (primary N) is 1. The molecule has 3 rings (SSSR count). The molecule has 0 unspecified atom stereocenters. The highest BCUT2D eigenvalue weighted by Crippen LogP contribution is 2.13. The number of amides is 2. The van der Waals surface area contributed by atoms with Gasteiger partial charge < -0.3 is 15.5 Å². The minimum atomic E-state index is -0.592. The SMILES string of the molecule is NC(=O)c1ccc(N2CCN(C(=O)Cc3ccccc3)CC2)nn1. The Balaban J connectivity index is 1.55. The molecule has 7 nitrogen and oxygen atoms in total. The Bertz CT molecular complexity index is 710. The van der Waals surface area contributed by atoms with Gasteiger partial charge in [-0.05, 0) is 17.7 Å². The molecule has 1 aliphatic heterocycles. The summed E-state index contributed by atoms with van der Waals surface area (Å²) in [5.74, 6) is 0.233. The fourth-order valence-electron chi connectivity index (χ4n) is 2.69. The van der Waals surface area contributed by atoms with E-state index in [0.29, 0.717) is 38.4 Å². The molecule has 7 heteroatoms. The van der Waals surface area contributed by atoms with E-state index < -0.39 is 5.91 Å². The van der Waals surface area contributed by atoms with E-state index in [-0.39, 0.29) is 11.6 Å². The summed E-state index contributed by atoms with van der Waals surface area (Å²) in [5.41, 5.74) is 6.33. The molecule has 2 aromatic rings. The molecule has 0 saturated carbocycles. The summed E-state index contributed by atoms with van der Waals surface area (Å²) < 4.78 is 0. The van der Waals surface area contributed by atoms with Gasteiger partial charge in [-0.25, -0.2) is 0 Å². The third-order valence-electron chi connectivity index (χ3n) is 4.06. The topological polar surface area (TPSA) is 92.4 Å². The Hall–Kier alpha value is -2.96. The molecule has 24 heavy (non-hydrogen) atoms. The number of benzene rings is 1. The lowest BCUT2D eigenvalue weighted by atomic mass is 10.1. The first-order chi connectivity index (χ1) is 11.6. The summed E-state index contributed by atoms with van der Waals surface area (Å²) in [6.07, 6.45) is 0.425. The molecule has 2 N–H and O–H groups in total. The zero-order valence-corrected chi connectivity index (χ0v) is 13.3. The fraction of sp³-hybridized carbons (Fsp3) is 0.294. The van der Waals surface area contributed by atoms with Gasteiger partial charge >= 0.3 is 0 Å². The highest BCUT2D eigenvalue weighted by Gasteiger charge is 2.22.